The molecule has 0 amide bonds. The third-order valence-electron chi connectivity index (χ3n) is 4.11. The molecule has 102 valence electrons. The van der Waals surface area contributed by atoms with Crippen LogP contribution in [0.1, 0.15) is 37.9 Å². The summed E-state index contributed by atoms with van der Waals surface area (Å²) in [7, 11) is 0. The van der Waals surface area contributed by atoms with Crippen molar-refractivity contribution >= 4 is 22.6 Å². The molecule has 0 spiro atoms. The second-order valence-corrected chi connectivity index (χ2v) is 5.92. The fraction of sp³-hybridized carbons (Fsp3) is 0.500. The quantitative estimate of drug-likeness (QED) is 0.809. The molecule has 0 saturated heterocycles. The number of fused-ring (bicyclic) bond motifs is 1. The smallest absolute Gasteiger partial charge is 0.134 e. The lowest BCUT2D eigenvalue weighted by Crippen LogP contribution is -2.33. The van der Waals surface area contributed by atoms with Crippen LogP contribution in [0.25, 0.3) is 11.0 Å². The molecule has 1 heterocycles. The van der Waals surface area contributed by atoms with Crippen LogP contribution in [0.5, 0.6) is 0 Å². The van der Waals surface area contributed by atoms with Gasteiger partial charge in [0.25, 0.3) is 0 Å². The monoisotopic (exact) mass is 277 g/mol. The molecule has 19 heavy (non-hydrogen) atoms. The van der Waals surface area contributed by atoms with Crippen LogP contribution in [0.15, 0.2) is 28.7 Å². The van der Waals surface area contributed by atoms with Crippen LogP contribution < -0.4 is 5.32 Å². The lowest BCUT2D eigenvalue weighted by Gasteiger charge is -2.35. The van der Waals surface area contributed by atoms with Crippen molar-refractivity contribution < 1.29 is 4.42 Å². The fourth-order valence-corrected chi connectivity index (χ4v) is 3.05. The van der Waals surface area contributed by atoms with Crippen LogP contribution in [0.2, 0.25) is 5.02 Å². The third-order valence-corrected chi connectivity index (χ3v) is 4.35. The Morgan fingerprint density at radius 2 is 2.21 bits per heavy atom. The molecule has 1 aromatic heterocycles. The van der Waals surface area contributed by atoms with Gasteiger partial charge in [0.15, 0.2) is 0 Å². The Labute approximate surface area is 119 Å². The summed E-state index contributed by atoms with van der Waals surface area (Å²) in [4.78, 5) is 0. The Hall–Kier alpha value is -0.990. The molecule has 1 aliphatic carbocycles. The van der Waals surface area contributed by atoms with E-state index in [1.54, 1.807) is 0 Å². The van der Waals surface area contributed by atoms with Crippen molar-refractivity contribution in [3.63, 3.8) is 0 Å². The SMILES string of the molecule is CCCNCC1CCC1c1cc2cc(Cl)ccc2o1. The molecule has 1 fully saturated rings. The standard InChI is InChI=1S/C16H20ClNO/c1-2-7-18-10-11-3-5-14(11)16-9-12-8-13(17)4-6-15(12)19-16/h4,6,8-9,11,14,18H,2-3,5,7,10H2,1H3. The zero-order valence-electron chi connectivity index (χ0n) is 11.3. The number of nitrogens with one attached hydrogen (secondary N) is 1. The van der Waals surface area contributed by atoms with Crippen molar-refractivity contribution in [3.8, 4) is 0 Å². The number of halogens is 1. The summed E-state index contributed by atoms with van der Waals surface area (Å²) >= 11 is 6.02. The van der Waals surface area contributed by atoms with Crippen LogP contribution in [0.4, 0.5) is 0 Å². The molecule has 2 unspecified atom stereocenters. The number of rotatable bonds is 5. The topological polar surface area (TPSA) is 25.2 Å². The van der Waals surface area contributed by atoms with E-state index in [-0.39, 0.29) is 0 Å². The van der Waals surface area contributed by atoms with Gasteiger partial charge < -0.3 is 9.73 Å². The van der Waals surface area contributed by atoms with Crippen molar-refractivity contribution in [2.75, 3.05) is 13.1 Å². The number of hydrogen-bond acceptors (Lipinski definition) is 2. The van der Waals surface area contributed by atoms with Gasteiger partial charge in [0, 0.05) is 16.3 Å². The second-order valence-electron chi connectivity index (χ2n) is 5.48. The van der Waals surface area contributed by atoms with Crippen molar-refractivity contribution in [1.82, 2.24) is 5.32 Å². The maximum Gasteiger partial charge on any atom is 0.134 e. The maximum atomic E-state index is 6.02. The van der Waals surface area contributed by atoms with Gasteiger partial charge in [-0.15, -0.1) is 0 Å². The predicted octanol–water partition coefficient (Wildman–Crippen LogP) is 4.58. The third kappa shape index (κ3) is 2.65. The largest absolute Gasteiger partial charge is 0.461 e. The maximum absolute atomic E-state index is 6.02. The second kappa shape index (κ2) is 5.56. The predicted molar refractivity (Wildman–Crippen MR) is 79.8 cm³/mol. The molecule has 2 nitrogen and oxygen atoms in total. The molecule has 0 bridgehead atoms. The van der Waals surface area contributed by atoms with Crippen LogP contribution in [-0.4, -0.2) is 13.1 Å². The molecular formula is C16H20ClNO. The minimum atomic E-state index is 0.579. The number of benzene rings is 1. The zero-order chi connectivity index (χ0) is 13.2. The van der Waals surface area contributed by atoms with Crippen LogP contribution in [0, 0.1) is 5.92 Å². The van der Waals surface area contributed by atoms with E-state index >= 15 is 0 Å². The Kier molecular flexibility index (Phi) is 3.81. The first-order valence-corrected chi connectivity index (χ1v) is 7.55. The van der Waals surface area contributed by atoms with Gasteiger partial charge in [-0.3, -0.25) is 0 Å². The first kappa shape index (κ1) is 13.0. The molecule has 0 aliphatic heterocycles. The normalized spacial score (nSPS) is 22.6. The Balaban J connectivity index is 1.73. The first-order valence-electron chi connectivity index (χ1n) is 7.17. The average molecular weight is 278 g/mol. The van der Waals surface area contributed by atoms with E-state index < -0.39 is 0 Å². The van der Waals surface area contributed by atoms with E-state index in [1.807, 2.05) is 18.2 Å². The molecule has 1 saturated carbocycles. The first-order chi connectivity index (χ1) is 9.28. The summed E-state index contributed by atoms with van der Waals surface area (Å²) in [5.41, 5.74) is 0.951. The lowest BCUT2D eigenvalue weighted by molar-refractivity contribution is 0.219. The summed E-state index contributed by atoms with van der Waals surface area (Å²) in [5, 5.41) is 5.41. The van der Waals surface area contributed by atoms with Gasteiger partial charge in [-0.1, -0.05) is 18.5 Å². The molecule has 3 heteroatoms. The minimum Gasteiger partial charge on any atom is -0.461 e. The van der Waals surface area contributed by atoms with Gasteiger partial charge >= 0.3 is 0 Å². The van der Waals surface area contributed by atoms with Crippen molar-refractivity contribution in [2.24, 2.45) is 5.92 Å². The van der Waals surface area contributed by atoms with Crippen LogP contribution in [0.3, 0.4) is 0 Å². The Bertz CT molecular complexity index is 563. The summed E-state index contributed by atoms with van der Waals surface area (Å²) in [6, 6.07) is 7.99. The van der Waals surface area contributed by atoms with Crippen molar-refractivity contribution in [1.29, 1.82) is 0 Å². The van der Waals surface area contributed by atoms with E-state index in [9.17, 15) is 0 Å². The van der Waals surface area contributed by atoms with Gasteiger partial charge in [-0.05, 0) is 62.5 Å². The summed E-state index contributed by atoms with van der Waals surface area (Å²) in [6.07, 6.45) is 3.74. The van der Waals surface area contributed by atoms with Gasteiger partial charge in [-0.2, -0.15) is 0 Å². The molecule has 1 aromatic carbocycles. The molecule has 0 radical (unpaired) electrons. The summed E-state index contributed by atoms with van der Waals surface area (Å²) < 4.78 is 5.98. The Morgan fingerprint density at radius 1 is 1.32 bits per heavy atom. The molecule has 2 aromatic rings. The number of furan rings is 1. The van der Waals surface area contributed by atoms with Gasteiger partial charge in [0.2, 0.25) is 0 Å². The van der Waals surface area contributed by atoms with Crippen LogP contribution in [-0.2, 0) is 0 Å². The zero-order valence-corrected chi connectivity index (χ0v) is 12.0. The van der Waals surface area contributed by atoms with Crippen molar-refractivity contribution in [3.05, 3.63) is 35.0 Å². The van der Waals surface area contributed by atoms with Gasteiger partial charge in [0.05, 0.1) is 0 Å². The fourth-order valence-electron chi connectivity index (χ4n) is 2.87. The lowest BCUT2D eigenvalue weighted by atomic mass is 9.72. The molecule has 2 atom stereocenters. The van der Waals surface area contributed by atoms with E-state index in [2.05, 4.69) is 18.3 Å². The molecule has 1 N–H and O–H groups in total. The number of hydrogen-bond donors (Lipinski definition) is 1. The average Bonchev–Trinajstić information content (AvgIpc) is 2.75. The van der Waals surface area contributed by atoms with E-state index in [1.165, 1.54) is 19.3 Å². The summed E-state index contributed by atoms with van der Waals surface area (Å²) in [6.45, 7) is 4.42. The highest BCUT2D eigenvalue weighted by Crippen LogP contribution is 2.43. The Morgan fingerprint density at radius 3 is 2.95 bits per heavy atom. The highest BCUT2D eigenvalue weighted by Gasteiger charge is 2.34. The van der Waals surface area contributed by atoms with Crippen LogP contribution >= 0.6 is 11.6 Å². The summed E-state index contributed by atoms with van der Waals surface area (Å²) in [5.74, 6) is 2.44. The molecule has 1 aliphatic rings. The van der Waals surface area contributed by atoms with Gasteiger partial charge in [0.1, 0.15) is 11.3 Å². The van der Waals surface area contributed by atoms with E-state index in [0.29, 0.717) is 5.92 Å². The highest BCUT2D eigenvalue weighted by atomic mass is 35.5. The molecular weight excluding hydrogens is 258 g/mol. The highest BCUT2D eigenvalue weighted by molar-refractivity contribution is 6.31. The van der Waals surface area contributed by atoms with Gasteiger partial charge in [-0.25, -0.2) is 0 Å². The van der Waals surface area contributed by atoms with E-state index in [0.717, 1.165) is 40.8 Å². The van der Waals surface area contributed by atoms with E-state index in [4.69, 9.17) is 16.0 Å². The minimum absolute atomic E-state index is 0.579. The molecule has 3 rings (SSSR count). The van der Waals surface area contributed by atoms with Crippen molar-refractivity contribution in [2.45, 2.75) is 32.1 Å².